The summed E-state index contributed by atoms with van der Waals surface area (Å²) in [6, 6.07) is 14.6. The van der Waals surface area contributed by atoms with Crippen molar-refractivity contribution >= 4 is 16.9 Å². The highest BCUT2D eigenvalue weighted by molar-refractivity contribution is 5.87. The number of fused-ring (bicyclic) bond motifs is 1. The SMILES string of the molecule is Cc1ccc(CNc2ncnc3c2cnn3-c2cccc(F)c2)cc1. The number of aryl methyl sites for hydroxylation is 1. The predicted octanol–water partition coefficient (Wildman–Crippen LogP) is 3.88. The Morgan fingerprint density at radius 2 is 1.92 bits per heavy atom. The maximum Gasteiger partial charge on any atom is 0.168 e. The molecule has 2 aromatic carbocycles. The third kappa shape index (κ3) is 3.06. The summed E-state index contributed by atoms with van der Waals surface area (Å²) in [6.45, 7) is 2.71. The van der Waals surface area contributed by atoms with Gasteiger partial charge in [-0.3, -0.25) is 0 Å². The van der Waals surface area contributed by atoms with E-state index in [4.69, 9.17) is 0 Å². The van der Waals surface area contributed by atoms with Gasteiger partial charge in [-0.05, 0) is 30.7 Å². The molecule has 0 amide bonds. The quantitative estimate of drug-likeness (QED) is 0.616. The van der Waals surface area contributed by atoms with Crippen LogP contribution >= 0.6 is 0 Å². The van der Waals surface area contributed by atoms with E-state index in [-0.39, 0.29) is 5.82 Å². The van der Waals surface area contributed by atoms with Crippen LogP contribution in [0.15, 0.2) is 61.1 Å². The van der Waals surface area contributed by atoms with E-state index in [0.717, 1.165) is 10.9 Å². The van der Waals surface area contributed by atoms with Gasteiger partial charge in [-0.2, -0.15) is 5.10 Å². The first-order valence-corrected chi connectivity index (χ1v) is 7.95. The zero-order valence-electron chi connectivity index (χ0n) is 13.6. The first-order valence-electron chi connectivity index (χ1n) is 7.95. The van der Waals surface area contributed by atoms with Gasteiger partial charge in [0, 0.05) is 6.54 Å². The molecule has 2 aromatic heterocycles. The topological polar surface area (TPSA) is 55.6 Å². The summed E-state index contributed by atoms with van der Waals surface area (Å²) >= 11 is 0. The van der Waals surface area contributed by atoms with Gasteiger partial charge < -0.3 is 5.32 Å². The molecule has 0 aliphatic rings. The van der Waals surface area contributed by atoms with Crippen LogP contribution in [0.25, 0.3) is 16.7 Å². The van der Waals surface area contributed by atoms with Crippen LogP contribution in [-0.4, -0.2) is 19.7 Å². The van der Waals surface area contributed by atoms with Crippen LogP contribution in [0.1, 0.15) is 11.1 Å². The molecule has 0 fully saturated rings. The second-order valence-electron chi connectivity index (χ2n) is 5.83. The summed E-state index contributed by atoms with van der Waals surface area (Å²) < 4.78 is 15.1. The molecule has 0 spiro atoms. The van der Waals surface area contributed by atoms with Gasteiger partial charge in [-0.15, -0.1) is 0 Å². The van der Waals surface area contributed by atoms with Crippen LogP contribution in [0.2, 0.25) is 0 Å². The minimum absolute atomic E-state index is 0.312. The van der Waals surface area contributed by atoms with Crippen LogP contribution in [0, 0.1) is 12.7 Å². The molecule has 124 valence electrons. The largest absolute Gasteiger partial charge is 0.365 e. The van der Waals surface area contributed by atoms with Crippen molar-refractivity contribution in [2.24, 2.45) is 0 Å². The monoisotopic (exact) mass is 333 g/mol. The Hall–Kier alpha value is -3.28. The number of benzene rings is 2. The molecule has 0 bridgehead atoms. The Kier molecular flexibility index (Phi) is 3.85. The van der Waals surface area contributed by atoms with Gasteiger partial charge in [0.15, 0.2) is 5.65 Å². The fraction of sp³-hybridized carbons (Fsp3) is 0.105. The third-order valence-corrected chi connectivity index (χ3v) is 4.00. The van der Waals surface area contributed by atoms with E-state index in [2.05, 4.69) is 51.6 Å². The van der Waals surface area contributed by atoms with E-state index >= 15 is 0 Å². The summed E-state index contributed by atoms with van der Waals surface area (Å²) in [7, 11) is 0. The van der Waals surface area contributed by atoms with Gasteiger partial charge in [-0.1, -0.05) is 35.9 Å². The zero-order valence-corrected chi connectivity index (χ0v) is 13.6. The predicted molar refractivity (Wildman–Crippen MR) is 95.1 cm³/mol. The lowest BCUT2D eigenvalue weighted by atomic mass is 10.1. The highest BCUT2D eigenvalue weighted by Crippen LogP contribution is 2.22. The summed E-state index contributed by atoms with van der Waals surface area (Å²) in [5, 5.41) is 8.45. The summed E-state index contributed by atoms with van der Waals surface area (Å²) in [6.07, 6.45) is 3.18. The number of anilines is 1. The molecule has 1 N–H and O–H groups in total. The molecule has 4 rings (SSSR count). The van der Waals surface area contributed by atoms with E-state index in [0.29, 0.717) is 23.7 Å². The summed E-state index contributed by atoms with van der Waals surface area (Å²) in [4.78, 5) is 8.62. The second kappa shape index (κ2) is 6.32. The molecule has 6 heteroatoms. The molecule has 0 saturated carbocycles. The van der Waals surface area contributed by atoms with Gasteiger partial charge in [0.2, 0.25) is 0 Å². The molecule has 5 nitrogen and oxygen atoms in total. The van der Waals surface area contributed by atoms with E-state index < -0.39 is 0 Å². The van der Waals surface area contributed by atoms with Crippen molar-refractivity contribution in [3.8, 4) is 5.69 Å². The first-order chi connectivity index (χ1) is 12.2. The Morgan fingerprint density at radius 3 is 2.72 bits per heavy atom. The fourth-order valence-electron chi connectivity index (χ4n) is 2.67. The van der Waals surface area contributed by atoms with Gasteiger partial charge in [0.05, 0.1) is 17.3 Å². The van der Waals surface area contributed by atoms with Gasteiger partial charge >= 0.3 is 0 Å². The Labute approximate surface area is 144 Å². The third-order valence-electron chi connectivity index (χ3n) is 4.00. The van der Waals surface area contributed by atoms with E-state index in [1.807, 2.05) is 0 Å². The lowest BCUT2D eigenvalue weighted by molar-refractivity contribution is 0.625. The Morgan fingerprint density at radius 1 is 1.08 bits per heavy atom. The highest BCUT2D eigenvalue weighted by atomic mass is 19.1. The molecular formula is C19H16FN5. The van der Waals surface area contributed by atoms with E-state index in [9.17, 15) is 4.39 Å². The normalized spacial score (nSPS) is 11.0. The van der Waals surface area contributed by atoms with Crippen LogP contribution in [0.5, 0.6) is 0 Å². The average molecular weight is 333 g/mol. The summed E-state index contributed by atoms with van der Waals surface area (Å²) in [5.74, 6) is 0.390. The van der Waals surface area contributed by atoms with Crippen molar-refractivity contribution in [1.82, 2.24) is 19.7 Å². The number of halogens is 1. The maximum absolute atomic E-state index is 13.5. The molecule has 0 saturated heterocycles. The van der Waals surface area contributed by atoms with Crippen LogP contribution in [-0.2, 0) is 6.54 Å². The number of nitrogens with zero attached hydrogens (tertiary/aromatic N) is 4. The van der Waals surface area contributed by atoms with Crippen molar-refractivity contribution in [3.63, 3.8) is 0 Å². The van der Waals surface area contributed by atoms with Crippen molar-refractivity contribution in [2.75, 3.05) is 5.32 Å². The molecule has 0 unspecified atom stereocenters. The van der Waals surface area contributed by atoms with Crippen molar-refractivity contribution in [2.45, 2.75) is 13.5 Å². The highest BCUT2D eigenvalue weighted by Gasteiger charge is 2.11. The number of nitrogens with one attached hydrogen (secondary N) is 1. The molecule has 25 heavy (non-hydrogen) atoms. The fourth-order valence-corrected chi connectivity index (χ4v) is 2.67. The van der Waals surface area contributed by atoms with Gasteiger partial charge in [0.25, 0.3) is 0 Å². The molecule has 0 atom stereocenters. The van der Waals surface area contributed by atoms with E-state index in [1.54, 1.807) is 23.0 Å². The maximum atomic E-state index is 13.5. The lowest BCUT2D eigenvalue weighted by Crippen LogP contribution is -2.03. The zero-order chi connectivity index (χ0) is 17.2. The Balaban J connectivity index is 1.66. The number of hydrogen-bond donors (Lipinski definition) is 1. The second-order valence-corrected chi connectivity index (χ2v) is 5.83. The molecule has 0 aliphatic carbocycles. The number of rotatable bonds is 4. The lowest BCUT2D eigenvalue weighted by Gasteiger charge is -2.07. The molecule has 4 aromatic rings. The minimum atomic E-state index is -0.312. The van der Waals surface area contributed by atoms with Crippen LogP contribution in [0.3, 0.4) is 0 Å². The van der Waals surface area contributed by atoms with E-state index in [1.165, 1.54) is 24.0 Å². The van der Waals surface area contributed by atoms with Crippen molar-refractivity contribution in [1.29, 1.82) is 0 Å². The molecular weight excluding hydrogens is 317 g/mol. The minimum Gasteiger partial charge on any atom is -0.365 e. The van der Waals surface area contributed by atoms with Gasteiger partial charge in [0.1, 0.15) is 18.0 Å². The molecule has 2 heterocycles. The molecule has 0 aliphatic heterocycles. The van der Waals surface area contributed by atoms with Crippen molar-refractivity contribution < 1.29 is 4.39 Å². The standard InChI is InChI=1S/C19H16FN5/c1-13-5-7-14(8-6-13)10-21-18-17-11-24-25(19(17)23-12-22-18)16-4-2-3-15(20)9-16/h2-9,11-12H,10H2,1H3,(H,21,22,23). The number of aromatic nitrogens is 4. The molecule has 0 radical (unpaired) electrons. The number of hydrogen-bond acceptors (Lipinski definition) is 4. The first kappa shape index (κ1) is 15.3. The van der Waals surface area contributed by atoms with Gasteiger partial charge in [-0.25, -0.2) is 19.0 Å². The smallest absolute Gasteiger partial charge is 0.168 e. The van der Waals surface area contributed by atoms with Crippen LogP contribution in [0.4, 0.5) is 10.2 Å². The van der Waals surface area contributed by atoms with Crippen molar-refractivity contribution in [3.05, 3.63) is 78.0 Å². The summed E-state index contributed by atoms with van der Waals surface area (Å²) in [5.41, 5.74) is 3.64. The van der Waals surface area contributed by atoms with Crippen LogP contribution < -0.4 is 5.32 Å². The average Bonchev–Trinajstić information content (AvgIpc) is 3.06. The Bertz CT molecular complexity index is 1020.